The highest BCUT2D eigenvalue weighted by Crippen LogP contribution is 2.29. The summed E-state index contributed by atoms with van der Waals surface area (Å²) in [5.74, 6) is -1.45. The molecule has 7 heteroatoms. The van der Waals surface area contributed by atoms with Gasteiger partial charge >= 0.3 is 0 Å². The van der Waals surface area contributed by atoms with Gasteiger partial charge < -0.3 is 10.2 Å². The predicted octanol–water partition coefficient (Wildman–Crippen LogP) is 1.94. The van der Waals surface area contributed by atoms with E-state index in [1.807, 2.05) is 37.3 Å². The van der Waals surface area contributed by atoms with E-state index in [1.165, 1.54) is 23.6 Å². The lowest BCUT2D eigenvalue weighted by Gasteiger charge is -2.20. The van der Waals surface area contributed by atoms with Crippen LogP contribution in [0.3, 0.4) is 0 Å². The van der Waals surface area contributed by atoms with E-state index in [0.29, 0.717) is 0 Å². The van der Waals surface area contributed by atoms with Crippen LogP contribution in [0.25, 0.3) is 11.1 Å². The monoisotopic (exact) mass is 371 g/mol. The first-order valence-corrected chi connectivity index (χ1v) is 9.63. The number of hydrogen-bond acceptors (Lipinski definition) is 5. The summed E-state index contributed by atoms with van der Waals surface area (Å²) in [4.78, 5) is -0.206. The maximum Gasteiger partial charge on any atom is 0.282 e. The van der Waals surface area contributed by atoms with Crippen LogP contribution in [0.2, 0.25) is 0 Å². The first-order valence-electron chi connectivity index (χ1n) is 7.31. The molecule has 128 valence electrons. The second-order valence-corrected chi connectivity index (χ2v) is 7.85. The third-order valence-corrected chi connectivity index (χ3v) is 5.81. The Kier molecular flexibility index (Phi) is 4.69. The molecule has 0 aromatic heterocycles. The highest BCUT2D eigenvalue weighted by molar-refractivity contribution is 8.07. The average molecular weight is 371 g/mol. The molecular formula is C18H13NO4S2-2. The number of benzene rings is 2. The first kappa shape index (κ1) is 17.3. The topological polar surface area (TPSA) is 92.6 Å². The molecule has 2 aromatic rings. The molecule has 0 fully saturated rings. The molecule has 3 rings (SSSR count). The molecule has 0 amide bonds. The first-order chi connectivity index (χ1) is 11.9. The van der Waals surface area contributed by atoms with Gasteiger partial charge in [0, 0.05) is 4.91 Å². The van der Waals surface area contributed by atoms with Gasteiger partial charge in [-0.2, -0.15) is 18.8 Å². The molecule has 0 saturated heterocycles. The number of aryl methyl sites for hydroxylation is 1. The van der Waals surface area contributed by atoms with Gasteiger partial charge in [-0.05, 0) is 47.2 Å². The highest BCUT2D eigenvalue weighted by atomic mass is 32.2. The molecule has 5 nitrogen and oxygen atoms in total. The third-order valence-electron chi connectivity index (χ3n) is 3.64. The molecule has 0 spiro atoms. The lowest BCUT2D eigenvalue weighted by atomic mass is 10.0. The Balaban J connectivity index is 2.05. The summed E-state index contributed by atoms with van der Waals surface area (Å²) in [6.07, 6.45) is 1.35. The van der Waals surface area contributed by atoms with E-state index in [4.69, 9.17) is 0 Å². The lowest BCUT2D eigenvalue weighted by molar-refractivity contribution is -0.513. The minimum Gasteiger partial charge on any atom is -0.883 e. The summed E-state index contributed by atoms with van der Waals surface area (Å²) in [7, 11) is -4.04. The molecule has 1 aliphatic rings. The molecular weight excluding hydrogens is 358 g/mol. The Labute approximate surface area is 150 Å². The number of rotatable bonds is 3. The second-order valence-electron chi connectivity index (χ2n) is 5.33. The van der Waals surface area contributed by atoms with Gasteiger partial charge in [-0.3, -0.25) is 0 Å². The smallest absolute Gasteiger partial charge is 0.282 e. The Morgan fingerprint density at radius 3 is 2.56 bits per heavy atom. The van der Waals surface area contributed by atoms with Gasteiger partial charge in [-0.1, -0.05) is 48.2 Å². The van der Waals surface area contributed by atoms with E-state index < -0.39 is 16.0 Å². The zero-order valence-electron chi connectivity index (χ0n) is 13.2. The molecule has 0 N–H and O–H groups in total. The molecule has 1 heterocycles. The quantitative estimate of drug-likeness (QED) is 0.769. The van der Waals surface area contributed by atoms with Crippen LogP contribution in [-0.4, -0.2) is 14.1 Å². The summed E-state index contributed by atoms with van der Waals surface area (Å²) in [6.45, 7) is 1.94. The molecule has 0 aliphatic carbocycles. The maximum absolute atomic E-state index is 12.6. The van der Waals surface area contributed by atoms with Crippen molar-refractivity contribution in [3.8, 4) is 11.1 Å². The fourth-order valence-corrected chi connectivity index (χ4v) is 4.19. The standard InChI is InChI=1S/C18H15NO4S2/c1-12-5-2-3-8-15(12)13-6-4-7-14(11-13)25(22,23)19-16-9-10-24-17(16)18(20)21/h2-11,20-21H,1H3/p-2/b19-16+. The number of allylic oxidation sites excluding steroid dienone is 2. The van der Waals surface area contributed by atoms with E-state index in [0.717, 1.165) is 28.5 Å². The number of thioether (sulfide) groups is 1. The van der Waals surface area contributed by atoms with Crippen LogP contribution in [0.1, 0.15) is 5.56 Å². The molecule has 0 saturated carbocycles. The molecule has 2 aromatic carbocycles. The predicted molar refractivity (Wildman–Crippen MR) is 95.0 cm³/mol. The fraction of sp³-hybridized carbons (Fsp3) is 0.0556. The molecule has 0 radical (unpaired) electrons. The number of hydrogen-bond donors (Lipinski definition) is 0. The van der Waals surface area contributed by atoms with Crippen LogP contribution in [0.4, 0.5) is 0 Å². The second kappa shape index (κ2) is 6.78. The van der Waals surface area contributed by atoms with Crippen molar-refractivity contribution < 1.29 is 18.6 Å². The zero-order chi connectivity index (χ0) is 18.0. The molecule has 0 unspecified atom stereocenters. The molecule has 0 bridgehead atoms. The van der Waals surface area contributed by atoms with Crippen LogP contribution in [0.15, 0.2) is 80.2 Å². The van der Waals surface area contributed by atoms with Gasteiger partial charge in [0.2, 0.25) is 0 Å². The summed E-state index contributed by atoms with van der Waals surface area (Å²) in [6, 6.07) is 14.1. The van der Waals surface area contributed by atoms with E-state index in [1.54, 1.807) is 6.07 Å². The van der Waals surface area contributed by atoms with Crippen molar-refractivity contribution in [2.75, 3.05) is 0 Å². The minimum atomic E-state index is -4.04. The lowest BCUT2D eigenvalue weighted by Crippen LogP contribution is -2.22. The summed E-state index contributed by atoms with van der Waals surface area (Å²) in [5, 5.41) is 23.5. The minimum absolute atomic E-state index is 0.00347. The van der Waals surface area contributed by atoms with Gasteiger partial charge in [0.15, 0.2) is 0 Å². The van der Waals surface area contributed by atoms with E-state index in [9.17, 15) is 18.6 Å². The van der Waals surface area contributed by atoms with E-state index in [2.05, 4.69) is 4.40 Å². The van der Waals surface area contributed by atoms with Gasteiger partial charge in [-0.25, -0.2) is 0 Å². The Hall–Kier alpha value is -2.51. The van der Waals surface area contributed by atoms with Gasteiger partial charge in [-0.15, -0.1) is 0 Å². The van der Waals surface area contributed by atoms with Crippen molar-refractivity contribution in [3.05, 3.63) is 76.4 Å². The Morgan fingerprint density at radius 1 is 1.08 bits per heavy atom. The largest absolute Gasteiger partial charge is 0.883 e. The summed E-state index contributed by atoms with van der Waals surface area (Å²) >= 11 is 0.875. The number of nitrogens with zero attached hydrogens (tertiary/aromatic N) is 1. The van der Waals surface area contributed by atoms with Crippen molar-refractivity contribution in [2.45, 2.75) is 11.8 Å². The van der Waals surface area contributed by atoms with Crippen LogP contribution in [-0.2, 0) is 10.0 Å². The van der Waals surface area contributed by atoms with E-state index >= 15 is 0 Å². The normalized spacial score (nSPS) is 15.7. The Bertz CT molecular complexity index is 1020. The average Bonchev–Trinajstić information content (AvgIpc) is 3.03. The number of sulfonamides is 1. The molecule has 0 atom stereocenters. The fourth-order valence-electron chi connectivity index (χ4n) is 2.43. The van der Waals surface area contributed by atoms with Crippen molar-refractivity contribution >= 4 is 27.5 Å². The van der Waals surface area contributed by atoms with Crippen LogP contribution in [0.5, 0.6) is 0 Å². The third kappa shape index (κ3) is 3.62. The van der Waals surface area contributed by atoms with Gasteiger partial charge in [0.1, 0.15) is 0 Å². The van der Waals surface area contributed by atoms with Crippen LogP contribution < -0.4 is 10.2 Å². The Morgan fingerprint density at radius 2 is 1.84 bits per heavy atom. The van der Waals surface area contributed by atoms with Crippen molar-refractivity contribution in [1.29, 1.82) is 0 Å². The van der Waals surface area contributed by atoms with Crippen molar-refractivity contribution in [1.82, 2.24) is 0 Å². The van der Waals surface area contributed by atoms with E-state index in [-0.39, 0.29) is 15.5 Å². The van der Waals surface area contributed by atoms with Gasteiger partial charge in [0.25, 0.3) is 10.0 Å². The maximum atomic E-state index is 12.6. The summed E-state index contributed by atoms with van der Waals surface area (Å²) < 4.78 is 28.8. The van der Waals surface area contributed by atoms with Gasteiger partial charge in [0.05, 0.1) is 10.6 Å². The molecule has 1 aliphatic heterocycles. The van der Waals surface area contributed by atoms with Crippen molar-refractivity contribution in [2.24, 2.45) is 4.40 Å². The SMILES string of the molecule is Cc1ccccc1-c1cccc(S(=O)(=O)/N=C2\C=CSC2=C([O-])[O-])c1. The van der Waals surface area contributed by atoms with Crippen LogP contribution >= 0.6 is 11.8 Å². The zero-order valence-corrected chi connectivity index (χ0v) is 14.8. The summed E-state index contributed by atoms with van der Waals surface area (Å²) in [5.41, 5.74) is 2.57. The van der Waals surface area contributed by atoms with Crippen molar-refractivity contribution in [3.63, 3.8) is 0 Å². The van der Waals surface area contributed by atoms with Crippen LogP contribution in [0, 0.1) is 6.92 Å². The molecule has 25 heavy (non-hydrogen) atoms. The highest BCUT2D eigenvalue weighted by Gasteiger charge is 2.18.